The molecule has 1 unspecified atom stereocenters. The van der Waals surface area contributed by atoms with Gasteiger partial charge in [0.25, 0.3) is 0 Å². The van der Waals surface area contributed by atoms with Gasteiger partial charge in [-0.15, -0.1) is 0 Å². The van der Waals surface area contributed by atoms with Gasteiger partial charge >= 0.3 is 12.3 Å². The average Bonchev–Trinajstić information content (AvgIpc) is 2.44. The second-order valence-corrected chi connectivity index (χ2v) is 7.40. The van der Waals surface area contributed by atoms with E-state index < -0.39 is 23.4 Å². The number of hydrogen-bond donors (Lipinski definition) is 0. The van der Waals surface area contributed by atoms with Crippen molar-refractivity contribution in [3.05, 3.63) is 22.8 Å². The van der Waals surface area contributed by atoms with Crippen LogP contribution in [0.4, 0.5) is 23.8 Å². The largest absolute Gasteiger partial charge is 0.444 e. The summed E-state index contributed by atoms with van der Waals surface area (Å²) in [6.07, 6.45) is -4.13. The Balaban J connectivity index is 2.09. The number of amides is 1. The fraction of sp³-hybridized carbons (Fsp3) is 0.625. The molecule has 5 nitrogen and oxygen atoms in total. The number of anilines is 1. The van der Waals surface area contributed by atoms with E-state index in [4.69, 9.17) is 16.3 Å². The summed E-state index contributed by atoms with van der Waals surface area (Å²) in [6.45, 7) is 8.38. The van der Waals surface area contributed by atoms with Crippen LogP contribution in [0.15, 0.2) is 12.3 Å². The minimum atomic E-state index is -4.49. The van der Waals surface area contributed by atoms with E-state index in [1.54, 1.807) is 30.6 Å². The molecular weight excluding hydrogens is 359 g/mol. The molecule has 0 spiro atoms. The maximum Gasteiger partial charge on any atom is 0.417 e. The molecule has 0 N–H and O–H groups in total. The first kappa shape index (κ1) is 19.6. The number of piperazine rings is 1. The van der Waals surface area contributed by atoms with Crippen LogP contribution >= 0.6 is 11.6 Å². The van der Waals surface area contributed by atoms with Gasteiger partial charge in [0.1, 0.15) is 11.4 Å². The first-order chi connectivity index (χ1) is 11.4. The SMILES string of the molecule is CC1CN(c2ncc(C(F)(F)F)cc2Cl)CCN1C(=O)OC(C)(C)C. The van der Waals surface area contributed by atoms with Crippen LogP contribution in [0.3, 0.4) is 0 Å². The summed E-state index contributed by atoms with van der Waals surface area (Å²) in [5, 5.41) is -0.0623. The van der Waals surface area contributed by atoms with Crippen molar-refractivity contribution in [1.82, 2.24) is 9.88 Å². The van der Waals surface area contributed by atoms with E-state index in [9.17, 15) is 18.0 Å². The van der Waals surface area contributed by atoms with Crippen LogP contribution < -0.4 is 4.90 Å². The Morgan fingerprint density at radius 2 is 1.96 bits per heavy atom. The molecule has 1 aliphatic rings. The van der Waals surface area contributed by atoms with Crippen molar-refractivity contribution in [2.45, 2.75) is 45.5 Å². The molecule has 1 aromatic rings. The maximum absolute atomic E-state index is 12.7. The Labute approximate surface area is 149 Å². The van der Waals surface area contributed by atoms with Crippen molar-refractivity contribution in [3.63, 3.8) is 0 Å². The smallest absolute Gasteiger partial charge is 0.417 e. The number of carbonyl (C=O) groups excluding carboxylic acids is 1. The van der Waals surface area contributed by atoms with Gasteiger partial charge in [0.15, 0.2) is 0 Å². The van der Waals surface area contributed by atoms with Crippen LogP contribution in [0.25, 0.3) is 0 Å². The van der Waals surface area contributed by atoms with Crippen LogP contribution in [-0.2, 0) is 10.9 Å². The van der Waals surface area contributed by atoms with E-state index in [0.29, 0.717) is 19.6 Å². The molecule has 25 heavy (non-hydrogen) atoms. The molecule has 0 saturated carbocycles. The molecule has 0 radical (unpaired) electrons. The first-order valence-electron chi connectivity index (χ1n) is 7.86. The highest BCUT2D eigenvalue weighted by Crippen LogP contribution is 2.34. The number of alkyl halides is 3. The predicted molar refractivity (Wildman–Crippen MR) is 88.9 cm³/mol. The summed E-state index contributed by atoms with van der Waals surface area (Å²) in [5.41, 5.74) is -1.48. The highest BCUT2D eigenvalue weighted by molar-refractivity contribution is 6.33. The molecule has 1 aliphatic heterocycles. The molecule has 2 rings (SSSR count). The van der Waals surface area contributed by atoms with Crippen molar-refractivity contribution < 1.29 is 22.7 Å². The number of halogens is 4. The van der Waals surface area contributed by atoms with Gasteiger partial charge in [-0.25, -0.2) is 9.78 Å². The Hall–Kier alpha value is -1.70. The summed E-state index contributed by atoms with van der Waals surface area (Å²) >= 11 is 5.99. The summed E-state index contributed by atoms with van der Waals surface area (Å²) in [5.74, 6) is 0.283. The van der Waals surface area contributed by atoms with Gasteiger partial charge in [-0.3, -0.25) is 0 Å². The van der Waals surface area contributed by atoms with Gasteiger partial charge in [0.2, 0.25) is 0 Å². The summed E-state index contributed by atoms with van der Waals surface area (Å²) in [4.78, 5) is 19.4. The lowest BCUT2D eigenvalue weighted by Gasteiger charge is -2.40. The van der Waals surface area contributed by atoms with Crippen LogP contribution in [0.1, 0.15) is 33.3 Å². The Morgan fingerprint density at radius 3 is 2.44 bits per heavy atom. The molecule has 2 heterocycles. The maximum atomic E-state index is 12.7. The lowest BCUT2D eigenvalue weighted by Crippen LogP contribution is -2.55. The van der Waals surface area contributed by atoms with E-state index in [-0.39, 0.29) is 16.9 Å². The second kappa shape index (κ2) is 6.90. The van der Waals surface area contributed by atoms with Gasteiger partial charge < -0.3 is 14.5 Å². The zero-order chi connectivity index (χ0) is 19.0. The third-order valence-electron chi connectivity index (χ3n) is 3.70. The van der Waals surface area contributed by atoms with Crippen molar-refractivity contribution in [2.75, 3.05) is 24.5 Å². The molecule has 0 bridgehead atoms. The summed E-state index contributed by atoms with van der Waals surface area (Å²) < 4.78 is 43.5. The summed E-state index contributed by atoms with van der Waals surface area (Å²) in [7, 11) is 0. The van der Waals surface area contributed by atoms with Crippen LogP contribution in [0.5, 0.6) is 0 Å². The van der Waals surface area contributed by atoms with Crippen molar-refractivity contribution in [1.29, 1.82) is 0 Å². The minimum absolute atomic E-state index is 0.0623. The monoisotopic (exact) mass is 379 g/mol. The molecule has 1 aromatic heterocycles. The minimum Gasteiger partial charge on any atom is -0.444 e. The van der Waals surface area contributed by atoms with Crippen LogP contribution in [-0.4, -0.2) is 47.3 Å². The van der Waals surface area contributed by atoms with Gasteiger partial charge in [-0.2, -0.15) is 13.2 Å². The number of nitrogens with zero attached hydrogens (tertiary/aromatic N) is 3. The summed E-state index contributed by atoms with van der Waals surface area (Å²) in [6, 6.07) is 0.679. The van der Waals surface area contributed by atoms with E-state index in [2.05, 4.69) is 4.98 Å². The van der Waals surface area contributed by atoms with Crippen molar-refractivity contribution >= 4 is 23.5 Å². The van der Waals surface area contributed by atoms with Gasteiger partial charge in [0, 0.05) is 31.9 Å². The fourth-order valence-electron chi connectivity index (χ4n) is 2.56. The Kier molecular flexibility index (Phi) is 5.41. The number of rotatable bonds is 1. The average molecular weight is 380 g/mol. The third-order valence-corrected chi connectivity index (χ3v) is 3.98. The molecule has 1 atom stereocenters. The van der Waals surface area contributed by atoms with Gasteiger partial charge in [-0.05, 0) is 33.8 Å². The van der Waals surface area contributed by atoms with Crippen LogP contribution in [0.2, 0.25) is 5.02 Å². The first-order valence-corrected chi connectivity index (χ1v) is 8.23. The van der Waals surface area contributed by atoms with E-state index >= 15 is 0 Å². The van der Waals surface area contributed by atoms with Gasteiger partial charge in [-0.1, -0.05) is 11.6 Å². The second-order valence-electron chi connectivity index (χ2n) is 7.00. The molecule has 0 aromatic carbocycles. The highest BCUT2D eigenvalue weighted by atomic mass is 35.5. The lowest BCUT2D eigenvalue weighted by molar-refractivity contribution is -0.137. The lowest BCUT2D eigenvalue weighted by atomic mass is 10.2. The molecular formula is C16H21ClF3N3O2. The molecule has 1 amide bonds. The standard InChI is InChI=1S/C16H21ClF3N3O2/c1-10-9-22(5-6-23(10)14(24)25-15(2,3)4)13-12(17)7-11(8-21-13)16(18,19)20/h7-8,10H,5-6,9H2,1-4H3. The molecule has 1 fully saturated rings. The molecule has 140 valence electrons. The number of carbonyl (C=O) groups is 1. The topological polar surface area (TPSA) is 45.7 Å². The van der Waals surface area contributed by atoms with Crippen LogP contribution in [0, 0.1) is 0 Å². The number of hydrogen-bond acceptors (Lipinski definition) is 4. The Bertz CT molecular complexity index is 646. The van der Waals surface area contributed by atoms with E-state index in [1.165, 1.54) is 0 Å². The molecule has 0 aliphatic carbocycles. The fourth-order valence-corrected chi connectivity index (χ4v) is 2.85. The number of ether oxygens (including phenoxy) is 1. The zero-order valence-corrected chi connectivity index (χ0v) is 15.3. The molecule has 9 heteroatoms. The van der Waals surface area contributed by atoms with E-state index in [1.807, 2.05) is 6.92 Å². The number of aromatic nitrogens is 1. The Morgan fingerprint density at radius 1 is 1.32 bits per heavy atom. The predicted octanol–water partition coefficient (Wildman–Crippen LogP) is 4.20. The van der Waals surface area contributed by atoms with Crippen molar-refractivity contribution in [2.24, 2.45) is 0 Å². The third kappa shape index (κ3) is 4.90. The van der Waals surface area contributed by atoms with Crippen molar-refractivity contribution in [3.8, 4) is 0 Å². The van der Waals surface area contributed by atoms with E-state index in [0.717, 1.165) is 12.3 Å². The zero-order valence-electron chi connectivity index (χ0n) is 14.5. The normalized spacial score (nSPS) is 19.1. The highest BCUT2D eigenvalue weighted by Gasteiger charge is 2.34. The quantitative estimate of drug-likeness (QED) is 0.733. The van der Waals surface area contributed by atoms with Gasteiger partial charge in [0.05, 0.1) is 10.6 Å². The molecule has 1 saturated heterocycles. The number of pyridine rings is 1.